The van der Waals surface area contributed by atoms with Crippen molar-refractivity contribution in [1.82, 2.24) is 9.97 Å². The fourth-order valence-electron chi connectivity index (χ4n) is 2.29. The number of para-hydroxylation sites is 1. The summed E-state index contributed by atoms with van der Waals surface area (Å²) in [4.78, 5) is 9.35. The van der Waals surface area contributed by atoms with Crippen molar-refractivity contribution in [3.05, 3.63) is 71.3 Å². The summed E-state index contributed by atoms with van der Waals surface area (Å²) in [5, 5.41) is 6.44. The summed E-state index contributed by atoms with van der Waals surface area (Å²) in [5.74, 6) is 2.27. The molecule has 118 valence electrons. The van der Waals surface area contributed by atoms with E-state index in [4.69, 9.17) is 16.3 Å². The number of hydrogen-bond acceptors (Lipinski definition) is 5. The Balaban J connectivity index is 1.56. The van der Waals surface area contributed by atoms with Crippen molar-refractivity contribution in [2.75, 3.05) is 5.32 Å². The van der Waals surface area contributed by atoms with Crippen molar-refractivity contribution >= 4 is 44.7 Å². The fraction of sp³-hybridized carbons (Fsp3) is 0. The molecule has 4 nitrogen and oxygen atoms in total. The molecule has 0 aliphatic rings. The molecule has 4 aromatic rings. The van der Waals surface area contributed by atoms with Crippen molar-refractivity contribution in [2.45, 2.75) is 0 Å². The van der Waals surface area contributed by atoms with Crippen molar-refractivity contribution in [3.63, 3.8) is 0 Å². The Kier molecular flexibility index (Phi) is 4.02. The number of aromatic nitrogens is 2. The third-order valence-electron chi connectivity index (χ3n) is 3.39. The summed E-state index contributed by atoms with van der Waals surface area (Å²) in [6, 6.07) is 19.3. The van der Waals surface area contributed by atoms with Crippen molar-refractivity contribution < 1.29 is 4.74 Å². The maximum atomic E-state index is 5.99. The number of halogens is 1. The predicted octanol–water partition coefficient (Wildman–Crippen LogP) is 5.88. The number of benzene rings is 2. The van der Waals surface area contributed by atoms with Crippen LogP contribution >= 0.6 is 22.9 Å². The molecule has 24 heavy (non-hydrogen) atoms. The Hall–Kier alpha value is -2.63. The summed E-state index contributed by atoms with van der Waals surface area (Å²) in [5.41, 5.74) is 0.901. The Morgan fingerprint density at radius 2 is 1.62 bits per heavy atom. The van der Waals surface area contributed by atoms with Gasteiger partial charge in [0, 0.05) is 5.69 Å². The first-order valence-electron chi connectivity index (χ1n) is 7.29. The highest BCUT2D eigenvalue weighted by molar-refractivity contribution is 7.16. The lowest BCUT2D eigenvalue weighted by Crippen LogP contribution is -1.96. The Bertz CT molecular complexity index is 971. The van der Waals surface area contributed by atoms with Gasteiger partial charge in [0.25, 0.3) is 0 Å². The van der Waals surface area contributed by atoms with Crippen molar-refractivity contribution in [1.29, 1.82) is 0 Å². The predicted molar refractivity (Wildman–Crippen MR) is 98.7 cm³/mol. The van der Waals surface area contributed by atoms with E-state index in [1.54, 1.807) is 0 Å². The van der Waals surface area contributed by atoms with Crippen LogP contribution in [0.5, 0.6) is 11.5 Å². The van der Waals surface area contributed by atoms with Gasteiger partial charge in [-0.05, 0) is 59.4 Å². The Morgan fingerprint density at radius 3 is 2.42 bits per heavy atom. The number of nitrogens with zero attached hydrogens (tertiary/aromatic N) is 2. The molecular formula is C18H12ClN3OS. The van der Waals surface area contributed by atoms with E-state index in [-0.39, 0.29) is 5.28 Å². The molecule has 0 saturated carbocycles. The quantitative estimate of drug-likeness (QED) is 0.465. The fourth-order valence-corrected chi connectivity index (χ4v) is 3.28. The number of anilines is 2. The minimum absolute atomic E-state index is 0.233. The normalized spacial score (nSPS) is 10.7. The van der Waals surface area contributed by atoms with Crippen LogP contribution in [0.3, 0.4) is 0 Å². The van der Waals surface area contributed by atoms with Gasteiger partial charge < -0.3 is 10.1 Å². The molecule has 0 saturated heterocycles. The SMILES string of the molecule is Clc1nc(Nc2ccc(Oc3ccccc3)cc2)c2ccsc2n1. The second-order valence-corrected chi connectivity index (χ2v) is 6.28. The van der Waals surface area contributed by atoms with Gasteiger partial charge in [0.2, 0.25) is 5.28 Å². The van der Waals surface area contributed by atoms with Gasteiger partial charge in [-0.1, -0.05) is 18.2 Å². The van der Waals surface area contributed by atoms with Crippen LogP contribution in [0.25, 0.3) is 10.2 Å². The lowest BCUT2D eigenvalue weighted by Gasteiger charge is -2.09. The molecule has 0 fully saturated rings. The number of thiophene rings is 1. The summed E-state index contributed by atoms with van der Waals surface area (Å²) >= 11 is 7.52. The first kappa shape index (κ1) is 14.9. The van der Waals surface area contributed by atoms with Crippen molar-refractivity contribution in [2.24, 2.45) is 0 Å². The second kappa shape index (κ2) is 6.47. The lowest BCUT2D eigenvalue weighted by molar-refractivity contribution is 0.483. The highest BCUT2D eigenvalue weighted by Gasteiger charge is 2.08. The van der Waals surface area contributed by atoms with E-state index in [0.717, 1.165) is 27.4 Å². The third kappa shape index (κ3) is 3.18. The minimum Gasteiger partial charge on any atom is -0.457 e. The summed E-state index contributed by atoms with van der Waals surface area (Å²) in [6.45, 7) is 0. The first-order chi connectivity index (χ1) is 11.8. The van der Waals surface area contributed by atoms with Crippen LogP contribution in [0, 0.1) is 0 Å². The van der Waals surface area contributed by atoms with Crippen LogP contribution in [0.15, 0.2) is 66.0 Å². The van der Waals surface area contributed by atoms with E-state index in [9.17, 15) is 0 Å². The molecule has 2 aromatic carbocycles. The average molecular weight is 354 g/mol. The van der Waals surface area contributed by atoms with Crippen LogP contribution < -0.4 is 10.1 Å². The smallest absolute Gasteiger partial charge is 0.225 e. The number of nitrogens with one attached hydrogen (secondary N) is 1. The molecule has 0 amide bonds. The number of ether oxygens (including phenoxy) is 1. The maximum Gasteiger partial charge on any atom is 0.225 e. The molecule has 1 N–H and O–H groups in total. The first-order valence-corrected chi connectivity index (χ1v) is 8.54. The number of rotatable bonds is 4. The van der Waals surface area contributed by atoms with Gasteiger partial charge in [-0.15, -0.1) is 11.3 Å². The van der Waals surface area contributed by atoms with Crippen LogP contribution in [-0.2, 0) is 0 Å². The average Bonchev–Trinajstić information content (AvgIpc) is 3.06. The molecule has 0 aliphatic carbocycles. The molecule has 4 rings (SSSR count). The molecule has 0 radical (unpaired) electrons. The van der Waals surface area contributed by atoms with E-state index in [2.05, 4.69) is 15.3 Å². The van der Waals surface area contributed by atoms with E-state index < -0.39 is 0 Å². The molecule has 0 aliphatic heterocycles. The second-order valence-electron chi connectivity index (χ2n) is 5.05. The topological polar surface area (TPSA) is 47.0 Å². The number of fused-ring (bicyclic) bond motifs is 1. The third-order valence-corrected chi connectivity index (χ3v) is 4.37. The van der Waals surface area contributed by atoms with Gasteiger partial charge in [0.15, 0.2) is 0 Å². The molecule has 2 aromatic heterocycles. The van der Waals surface area contributed by atoms with Crippen LogP contribution in [-0.4, -0.2) is 9.97 Å². The van der Waals surface area contributed by atoms with Gasteiger partial charge in [-0.25, -0.2) is 4.98 Å². The van der Waals surface area contributed by atoms with Gasteiger partial charge in [0.1, 0.15) is 22.1 Å². The number of hydrogen-bond donors (Lipinski definition) is 1. The highest BCUT2D eigenvalue weighted by atomic mass is 35.5. The van der Waals surface area contributed by atoms with Crippen molar-refractivity contribution in [3.8, 4) is 11.5 Å². The van der Waals surface area contributed by atoms with E-state index in [0.29, 0.717) is 5.82 Å². The molecule has 2 heterocycles. The van der Waals surface area contributed by atoms with Crippen LogP contribution in [0.4, 0.5) is 11.5 Å². The zero-order valence-corrected chi connectivity index (χ0v) is 14.0. The summed E-state index contributed by atoms with van der Waals surface area (Å²) < 4.78 is 5.79. The largest absolute Gasteiger partial charge is 0.457 e. The lowest BCUT2D eigenvalue weighted by atomic mass is 10.3. The minimum atomic E-state index is 0.233. The molecule has 6 heteroatoms. The summed E-state index contributed by atoms with van der Waals surface area (Å²) in [7, 11) is 0. The molecule has 0 spiro atoms. The Labute approximate surface area is 147 Å². The van der Waals surface area contributed by atoms with E-state index >= 15 is 0 Å². The summed E-state index contributed by atoms with van der Waals surface area (Å²) in [6.07, 6.45) is 0. The van der Waals surface area contributed by atoms with Gasteiger partial charge in [0.05, 0.1) is 5.39 Å². The van der Waals surface area contributed by atoms with Gasteiger partial charge in [-0.3, -0.25) is 0 Å². The molecule has 0 bridgehead atoms. The molecule has 0 unspecified atom stereocenters. The monoisotopic (exact) mass is 353 g/mol. The highest BCUT2D eigenvalue weighted by Crippen LogP contribution is 2.29. The van der Waals surface area contributed by atoms with Gasteiger partial charge in [-0.2, -0.15) is 4.98 Å². The van der Waals surface area contributed by atoms with Gasteiger partial charge >= 0.3 is 0 Å². The van der Waals surface area contributed by atoms with Crippen LogP contribution in [0.1, 0.15) is 0 Å². The maximum absolute atomic E-state index is 5.99. The zero-order valence-electron chi connectivity index (χ0n) is 12.4. The Morgan fingerprint density at radius 1 is 0.875 bits per heavy atom. The molecular weight excluding hydrogens is 342 g/mol. The van der Waals surface area contributed by atoms with Crippen LogP contribution in [0.2, 0.25) is 5.28 Å². The van der Waals surface area contributed by atoms with E-state index in [1.807, 2.05) is 66.0 Å². The zero-order chi connectivity index (χ0) is 16.4. The molecule has 0 atom stereocenters. The van der Waals surface area contributed by atoms with E-state index in [1.165, 1.54) is 11.3 Å². The standard InChI is InChI=1S/C18H12ClN3OS/c19-18-21-16(15-10-11-24-17(15)22-18)20-12-6-8-14(9-7-12)23-13-4-2-1-3-5-13/h1-11H,(H,20,21,22).